The summed E-state index contributed by atoms with van der Waals surface area (Å²) in [6, 6.07) is 0. The summed E-state index contributed by atoms with van der Waals surface area (Å²) in [5.41, 5.74) is 0. The summed E-state index contributed by atoms with van der Waals surface area (Å²) in [4.78, 5) is 0. The zero-order chi connectivity index (χ0) is 14.7. The van der Waals surface area contributed by atoms with Crippen LogP contribution in [0.1, 0.15) is 71.6 Å². The van der Waals surface area contributed by atoms with Crippen molar-refractivity contribution in [3.05, 3.63) is 0 Å². The van der Waals surface area contributed by atoms with Crippen molar-refractivity contribution >= 4 is 0 Å². The Labute approximate surface area is 126 Å². The minimum Gasteiger partial charge on any atom is -0.379 e. The molecule has 20 heavy (non-hydrogen) atoms. The number of rotatable bonds is 17. The molecule has 0 heterocycles. The van der Waals surface area contributed by atoms with E-state index in [1.165, 1.54) is 51.4 Å². The molecule has 0 fully saturated rings. The lowest BCUT2D eigenvalue weighted by molar-refractivity contribution is 0.0140. The molecule has 122 valence electrons. The first-order chi connectivity index (χ1) is 9.91. The Hall–Kier alpha value is -0.120. The van der Waals surface area contributed by atoms with E-state index in [2.05, 4.69) is 13.8 Å². The summed E-state index contributed by atoms with van der Waals surface area (Å²) in [6.45, 7) is 8.87. The van der Waals surface area contributed by atoms with Gasteiger partial charge in [0, 0.05) is 13.2 Å². The molecule has 0 saturated carbocycles. The second-order valence-corrected chi connectivity index (χ2v) is 5.31. The van der Waals surface area contributed by atoms with E-state index in [0.717, 1.165) is 19.6 Å². The SMILES string of the molecule is CCCCCCCCCCOCCOCCOCCC. The zero-order valence-electron chi connectivity index (χ0n) is 13.8. The maximum Gasteiger partial charge on any atom is 0.0701 e. The number of unbranched alkanes of at least 4 members (excludes halogenated alkanes) is 7. The molecular weight excluding hydrogens is 252 g/mol. The van der Waals surface area contributed by atoms with E-state index in [1.807, 2.05) is 0 Å². The van der Waals surface area contributed by atoms with Crippen LogP contribution < -0.4 is 0 Å². The van der Waals surface area contributed by atoms with Crippen LogP contribution in [0.2, 0.25) is 0 Å². The van der Waals surface area contributed by atoms with Crippen molar-refractivity contribution < 1.29 is 14.2 Å². The topological polar surface area (TPSA) is 27.7 Å². The minimum absolute atomic E-state index is 0.682. The van der Waals surface area contributed by atoms with E-state index >= 15 is 0 Å². The van der Waals surface area contributed by atoms with Gasteiger partial charge in [0.1, 0.15) is 0 Å². The van der Waals surface area contributed by atoms with Gasteiger partial charge in [-0.1, -0.05) is 58.8 Å². The predicted molar refractivity (Wildman–Crippen MR) is 85.4 cm³/mol. The molecular formula is C17H36O3. The molecule has 3 heteroatoms. The van der Waals surface area contributed by atoms with E-state index in [-0.39, 0.29) is 0 Å². The van der Waals surface area contributed by atoms with Crippen molar-refractivity contribution in [2.45, 2.75) is 71.6 Å². The van der Waals surface area contributed by atoms with Crippen molar-refractivity contribution in [2.24, 2.45) is 0 Å². The van der Waals surface area contributed by atoms with Crippen LogP contribution in [0.5, 0.6) is 0 Å². The molecule has 0 radical (unpaired) electrons. The van der Waals surface area contributed by atoms with Gasteiger partial charge in [-0.05, 0) is 12.8 Å². The maximum absolute atomic E-state index is 5.54. The third-order valence-electron chi connectivity index (χ3n) is 3.23. The lowest BCUT2D eigenvalue weighted by atomic mass is 10.1. The third-order valence-corrected chi connectivity index (χ3v) is 3.23. The highest BCUT2D eigenvalue weighted by Crippen LogP contribution is 2.08. The molecule has 0 amide bonds. The number of hydrogen-bond donors (Lipinski definition) is 0. The van der Waals surface area contributed by atoms with Gasteiger partial charge < -0.3 is 14.2 Å². The summed E-state index contributed by atoms with van der Waals surface area (Å²) >= 11 is 0. The molecule has 0 aromatic heterocycles. The Morgan fingerprint density at radius 1 is 0.400 bits per heavy atom. The Bertz CT molecular complexity index is 144. The average molecular weight is 288 g/mol. The lowest BCUT2D eigenvalue weighted by Crippen LogP contribution is -2.10. The van der Waals surface area contributed by atoms with Gasteiger partial charge in [-0.3, -0.25) is 0 Å². The maximum atomic E-state index is 5.54. The summed E-state index contributed by atoms with van der Waals surface area (Å²) in [5.74, 6) is 0. The fourth-order valence-electron chi connectivity index (χ4n) is 2.02. The quantitative estimate of drug-likeness (QED) is 0.366. The van der Waals surface area contributed by atoms with Gasteiger partial charge in [-0.25, -0.2) is 0 Å². The third kappa shape index (κ3) is 17.9. The zero-order valence-corrected chi connectivity index (χ0v) is 13.8. The highest BCUT2D eigenvalue weighted by molar-refractivity contribution is 4.45. The highest BCUT2D eigenvalue weighted by atomic mass is 16.5. The number of ether oxygens (including phenoxy) is 3. The molecule has 0 atom stereocenters. The molecule has 0 aliphatic carbocycles. The van der Waals surface area contributed by atoms with Crippen LogP contribution in [-0.4, -0.2) is 39.6 Å². The Morgan fingerprint density at radius 3 is 1.40 bits per heavy atom. The van der Waals surface area contributed by atoms with Crippen LogP contribution in [0.25, 0.3) is 0 Å². The normalized spacial score (nSPS) is 11.1. The molecule has 0 aromatic carbocycles. The van der Waals surface area contributed by atoms with Gasteiger partial charge >= 0.3 is 0 Å². The molecule has 0 N–H and O–H groups in total. The monoisotopic (exact) mass is 288 g/mol. The summed E-state index contributed by atoms with van der Waals surface area (Å²) in [5, 5.41) is 0. The fraction of sp³-hybridized carbons (Fsp3) is 1.00. The summed E-state index contributed by atoms with van der Waals surface area (Å²) < 4.78 is 16.3. The molecule has 0 bridgehead atoms. The molecule has 0 spiro atoms. The van der Waals surface area contributed by atoms with E-state index in [9.17, 15) is 0 Å². The van der Waals surface area contributed by atoms with Gasteiger partial charge in [0.15, 0.2) is 0 Å². The van der Waals surface area contributed by atoms with E-state index < -0.39 is 0 Å². The highest BCUT2D eigenvalue weighted by Gasteiger charge is 1.93. The Kier molecular flexibility index (Phi) is 18.8. The molecule has 0 saturated heterocycles. The largest absolute Gasteiger partial charge is 0.379 e. The molecule has 0 unspecified atom stereocenters. The fourth-order valence-corrected chi connectivity index (χ4v) is 2.02. The molecule has 0 aromatic rings. The van der Waals surface area contributed by atoms with Gasteiger partial charge in [0.25, 0.3) is 0 Å². The van der Waals surface area contributed by atoms with Crippen LogP contribution in [-0.2, 0) is 14.2 Å². The van der Waals surface area contributed by atoms with E-state index in [4.69, 9.17) is 14.2 Å². The predicted octanol–water partition coefficient (Wildman–Crippen LogP) is 4.59. The second kappa shape index (κ2) is 18.9. The van der Waals surface area contributed by atoms with Gasteiger partial charge in [0.2, 0.25) is 0 Å². The Morgan fingerprint density at radius 2 is 0.850 bits per heavy atom. The lowest BCUT2D eigenvalue weighted by Gasteiger charge is -2.06. The molecule has 3 nitrogen and oxygen atoms in total. The van der Waals surface area contributed by atoms with Crippen molar-refractivity contribution in [2.75, 3.05) is 39.6 Å². The number of hydrogen-bond acceptors (Lipinski definition) is 3. The van der Waals surface area contributed by atoms with Crippen LogP contribution in [0.3, 0.4) is 0 Å². The van der Waals surface area contributed by atoms with Crippen LogP contribution >= 0.6 is 0 Å². The standard InChI is InChI=1S/C17H36O3/c1-3-5-6-7-8-9-10-11-13-19-15-17-20-16-14-18-12-4-2/h3-17H2,1-2H3. The van der Waals surface area contributed by atoms with Gasteiger partial charge in [-0.2, -0.15) is 0 Å². The van der Waals surface area contributed by atoms with E-state index in [0.29, 0.717) is 26.4 Å². The Balaban J connectivity index is 2.89. The van der Waals surface area contributed by atoms with Gasteiger partial charge in [-0.15, -0.1) is 0 Å². The first-order valence-corrected chi connectivity index (χ1v) is 8.65. The van der Waals surface area contributed by atoms with Crippen molar-refractivity contribution in [3.63, 3.8) is 0 Å². The average Bonchev–Trinajstić information content (AvgIpc) is 2.47. The summed E-state index contributed by atoms with van der Waals surface area (Å²) in [6.07, 6.45) is 11.9. The smallest absolute Gasteiger partial charge is 0.0701 e. The van der Waals surface area contributed by atoms with Crippen LogP contribution in [0, 0.1) is 0 Å². The molecule has 0 aliphatic heterocycles. The van der Waals surface area contributed by atoms with Crippen molar-refractivity contribution in [3.8, 4) is 0 Å². The molecule has 0 aliphatic rings. The van der Waals surface area contributed by atoms with E-state index in [1.54, 1.807) is 0 Å². The van der Waals surface area contributed by atoms with Gasteiger partial charge in [0.05, 0.1) is 26.4 Å². The first-order valence-electron chi connectivity index (χ1n) is 8.65. The summed E-state index contributed by atoms with van der Waals surface area (Å²) in [7, 11) is 0. The van der Waals surface area contributed by atoms with Crippen molar-refractivity contribution in [1.29, 1.82) is 0 Å². The minimum atomic E-state index is 0.682. The van der Waals surface area contributed by atoms with Crippen LogP contribution in [0.4, 0.5) is 0 Å². The van der Waals surface area contributed by atoms with Crippen molar-refractivity contribution in [1.82, 2.24) is 0 Å². The second-order valence-electron chi connectivity index (χ2n) is 5.31. The molecule has 0 rings (SSSR count). The first kappa shape index (κ1) is 19.9. The van der Waals surface area contributed by atoms with Crippen LogP contribution in [0.15, 0.2) is 0 Å².